The maximum atomic E-state index is 12.9. The van der Waals surface area contributed by atoms with Crippen molar-refractivity contribution in [2.75, 3.05) is 28.6 Å². The van der Waals surface area contributed by atoms with Gasteiger partial charge < -0.3 is 4.90 Å². The fraction of sp³-hybridized carbons (Fsp3) is 0.278. The molecule has 0 spiro atoms. The lowest BCUT2D eigenvalue weighted by molar-refractivity contribution is -0.117. The first kappa shape index (κ1) is 19.0. The summed E-state index contributed by atoms with van der Waals surface area (Å²) in [7, 11) is -3.73. The van der Waals surface area contributed by atoms with Crippen molar-refractivity contribution >= 4 is 50.5 Å². The lowest BCUT2D eigenvalue weighted by Gasteiger charge is -2.32. The number of sulfonamides is 1. The van der Waals surface area contributed by atoms with Crippen LogP contribution in [0.25, 0.3) is 0 Å². The van der Waals surface area contributed by atoms with Crippen LogP contribution in [0.2, 0.25) is 10.0 Å². The van der Waals surface area contributed by atoms with Gasteiger partial charge in [-0.25, -0.2) is 8.42 Å². The van der Waals surface area contributed by atoms with Gasteiger partial charge in [0.15, 0.2) is 0 Å². The fourth-order valence-corrected chi connectivity index (χ4v) is 4.35. The highest BCUT2D eigenvalue weighted by atomic mass is 35.5. The fourth-order valence-electron chi connectivity index (χ4n) is 3.06. The number of para-hydroxylation sites is 1. The van der Waals surface area contributed by atoms with Crippen LogP contribution in [0.3, 0.4) is 0 Å². The lowest BCUT2D eigenvalue weighted by Crippen LogP contribution is -2.44. The van der Waals surface area contributed by atoms with E-state index in [-0.39, 0.29) is 23.2 Å². The minimum atomic E-state index is -3.73. The van der Waals surface area contributed by atoms with E-state index in [1.54, 1.807) is 11.0 Å². The summed E-state index contributed by atoms with van der Waals surface area (Å²) in [6, 6.07) is 12.2. The third-order valence-electron chi connectivity index (χ3n) is 4.27. The van der Waals surface area contributed by atoms with E-state index >= 15 is 0 Å². The number of benzene rings is 2. The van der Waals surface area contributed by atoms with E-state index in [0.717, 1.165) is 34.7 Å². The Morgan fingerprint density at radius 3 is 2.65 bits per heavy atom. The molecule has 0 radical (unpaired) electrons. The number of halogens is 2. The van der Waals surface area contributed by atoms with Crippen molar-refractivity contribution in [3.8, 4) is 0 Å². The van der Waals surface area contributed by atoms with Crippen molar-refractivity contribution in [1.82, 2.24) is 0 Å². The third kappa shape index (κ3) is 3.98. The Hall–Kier alpha value is -1.76. The zero-order valence-corrected chi connectivity index (χ0v) is 16.5. The van der Waals surface area contributed by atoms with E-state index in [1.165, 1.54) is 12.1 Å². The van der Waals surface area contributed by atoms with Crippen molar-refractivity contribution in [3.63, 3.8) is 0 Å². The average molecular weight is 413 g/mol. The van der Waals surface area contributed by atoms with Crippen LogP contribution in [-0.4, -0.2) is 33.7 Å². The molecular weight excluding hydrogens is 395 g/mol. The molecule has 0 saturated carbocycles. The molecule has 8 heteroatoms. The first-order chi connectivity index (χ1) is 12.3. The molecule has 0 N–H and O–H groups in total. The van der Waals surface area contributed by atoms with Crippen molar-refractivity contribution in [1.29, 1.82) is 0 Å². The summed E-state index contributed by atoms with van der Waals surface area (Å²) >= 11 is 12.1. The summed E-state index contributed by atoms with van der Waals surface area (Å²) in [5.41, 5.74) is 2.11. The Bertz CT molecular complexity index is 947. The molecule has 26 heavy (non-hydrogen) atoms. The van der Waals surface area contributed by atoms with Gasteiger partial charge in [-0.15, -0.1) is 0 Å². The van der Waals surface area contributed by atoms with Crippen LogP contribution in [0.1, 0.15) is 12.0 Å². The number of rotatable bonds is 4. The average Bonchev–Trinajstić information content (AvgIpc) is 2.60. The molecule has 0 aromatic heterocycles. The first-order valence-electron chi connectivity index (χ1n) is 8.08. The third-order valence-corrected chi connectivity index (χ3v) is 5.95. The van der Waals surface area contributed by atoms with Crippen LogP contribution in [0.4, 0.5) is 11.4 Å². The van der Waals surface area contributed by atoms with E-state index in [0.29, 0.717) is 11.6 Å². The Balaban J connectivity index is 1.94. The molecule has 3 rings (SSSR count). The molecule has 1 aliphatic heterocycles. The van der Waals surface area contributed by atoms with Crippen LogP contribution in [0.15, 0.2) is 42.5 Å². The highest BCUT2D eigenvalue weighted by molar-refractivity contribution is 7.92. The van der Waals surface area contributed by atoms with E-state index in [4.69, 9.17) is 23.2 Å². The van der Waals surface area contributed by atoms with E-state index in [9.17, 15) is 13.2 Å². The van der Waals surface area contributed by atoms with Crippen molar-refractivity contribution in [2.45, 2.75) is 12.8 Å². The van der Waals surface area contributed by atoms with E-state index < -0.39 is 10.0 Å². The van der Waals surface area contributed by atoms with Crippen LogP contribution < -0.4 is 9.21 Å². The maximum Gasteiger partial charge on any atom is 0.247 e. The zero-order valence-electron chi connectivity index (χ0n) is 14.2. The largest absolute Gasteiger partial charge is 0.311 e. The van der Waals surface area contributed by atoms with E-state index in [1.807, 2.05) is 24.3 Å². The molecule has 1 aliphatic rings. The number of aryl methyl sites for hydroxylation is 1. The van der Waals surface area contributed by atoms with E-state index in [2.05, 4.69) is 0 Å². The molecule has 2 aromatic carbocycles. The Kier molecular flexibility index (Phi) is 5.46. The molecular formula is C18H18Cl2N2O3S. The van der Waals surface area contributed by atoms with Gasteiger partial charge in [0, 0.05) is 17.3 Å². The highest BCUT2D eigenvalue weighted by Gasteiger charge is 2.28. The normalized spacial score (nSPS) is 14.0. The maximum absolute atomic E-state index is 12.9. The quantitative estimate of drug-likeness (QED) is 0.768. The number of nitrogens with zero attached hydrogens (tertiary/aromatic N) is 2. The molecule has 2 aromatic rings. The number of fused-ring (bicyclic) bond motifs is 1. The topological polar surface area (TPSA) is 57.7 Å². The molecule has 5 nitrogen and oxygen atoms in total. The number of carbonyl (C=O) groups excluding carboxylic acids is 1. The molecule has 138 valence electrons. The van der Waals surface area contributed by atoms with Gasteiger partial charge in [-0.2, -0.15) is 0 Å². The molecule has 0 atom stereocenters. The summed E-state index contributed by atoms with van der Waals surface area (Å²) in [5.74, 6) is -0.307. The predicted molar refractivity (Wildman–Crippen MR) is 106 cm³/mol. The molecule has 1 heterocycles. The summed E-state index contributed by atoms with van der Waals surface area (Å²) in [4.78, 5) is 14.6. The first-order valence-corrected chi connectivity index (χ1v) is 10.7. The number of carbonyl (C=O) groups is 1. The summed E-state index contributed by atoms with van der Waals surface area (Å²) in [5, 5.41) is 0.556. The molecule has 0 unspecified atom stereocenters. The van der Waals surface area contributed by atoms with Gasteiger partial charge in [0.1, 0.15) is 6.54 Å². The SMILES string of the molecule is CS(=O)(=O)N(CC(=O)N1CCCc2ccccc21)c1cc(Cl)ccc1Cl. The van der Waals surface area contributed by atoms with Crippen molar-refractivity contribution in [2.24, 2.45) is 0 Å². The van der Waals surface area contributed by atoms with Crippen LogP contribution in [-0.2, 0) is 21.2 Å². The molecule has 0 saturated heterocycles. The van der Waals surface area contributed by atoms with Crippen molar-refractivity contribution < 1.29 is 13.2 Å². The molecule has 1 amide bonds. The minimum Gasteiger partial charge on any atom is -0.311 e. The van der Waals surface area contributed by atoms with Gasteiger partial charge in [-0.05, 0) is 42.7 Å². The Morgan fingerprint density at radius 1 is 1.19 bits per heavy atom. The standard InChI is InChI=1S/C18H18Cl2N2O3S/c1-26(24,25)22(17-11-14(19)8-9-15(17)20)12-18(23)21-10-4-6-13-5-2-3-7-16(13)21/h2-3,5,7-9,11H,4,6,10,12H2,1H3. The Labute approximate surface area is 163 Å². The molecule has 0 bridgehead atoms. The number of hydrogen-bond donors (Lipinski definition) is 0. The second-order valence-corrected chi connectivity index (χ2v) is 8.89. The van der Waals surface area contributed by atoms with Gasteiger partial charge in [0.05, 0.1) is 17.0 Å². The summed E-state index contributed by atoms with van der Waals surface area (Å²) < 4.78 is 25.6. The van der Waals surface area contributed by atoms with Crippen LogP contribution in [0.5, 0.6) is 0 Å². The molecule has 0 fully saturated rings. The number of hydrogen-bond acceptors (Lipinski definition) is 3. The van der Waals surface area contributed by atoms with Crippen LogP contribution in [0, 0.1) is 0 Å². The minimum absolute atomic E-state index is 0.195. The number of amides is 1. The van der Waals surface area contributed by atoms with Gasteiger partial charge in [0.2, 0.25) is 15.9 Å². The predicted octanol–water partition coefficient (Wildman–Crippen LogP) is 3.74. The van der Waals surface area contributed by atoms with Gasteiger partial charge >= 0.3 is 0 Å². The summed E-state index contributed by atoms with van der Waals surface area (Å²) in [6.07, 6.45) is 2.77. The Morgan fingerprint density at radius 2 is 1.92 bits per heavy atom. The smallest absolute Gasteiger partial charge is 0.247 e. The lowest BCUT2D eigenvalue weighted by atomic mass is 10.0. The molecule has 0 aliphatic carbocycles. The highest BCUT2D eigenvalue weighted by Crippen LogP contribution is 2.32. The van der Waals surface area contributed by atoms with Gasteiger partial charge in [0.25, 0.3) is 0 Å². The monoisotopic (exact) mass is 412 g/mol. The zero-order chi connectivity index (χ0) is 18.9. The number of anilines is 2. The second-order valence-electron chi connectivity index (χ2n) is 6.14. The van der Waals surface area contributed by atoms with Gasteiger partial charge in [-0.3, -0.25) is 9.10 Å². The van der Waals surface area contributed by atoms with Crippen LogP contribution >= 0.6 is 23.2 Å². The van der Waals surface area contributed by atoms with Crippen molar-refractivity contribution in [3.05, 3.63) is 58.1 Å². The van der Waals surface area contributed by atoms with Gasteiger partial charge in [-0.1, -0.05) is 41.4 Å². The summed E-state index contributed by atoms with van der Waals surface area (Å²) in [6.45, 7) is 0.212. The second kappa shape index (κ2) is 7.47.